The summed E-state index contributed by atoms with van der Waals surface area (Å²) in [4.78, 5) is 3.10. The van der Waals surface area contributed by atoms with Gasteiger partial charge < -0.3 is 4.98 Å². The van der Waals surface area contributed by atoms with E-state index in [1.54, 1.807) is 24.4 Å². The number of fused-ring (bicyclic) bond motifs is 1. The van der Waals surface area contributed by atoms with E-state index >= 15 is 0 Å². The van der Waals surface area contributed by atoms with Crippen LogP contribution in [-0.4, -0.2) is 19.7 Å². The zero-order valence-electron chi connectivity index (χ0n) is 15.1. The summed E-state index contributed by atoms with van der Waals surface area (Å²) in [6.45, 7) is 1.83. The van der Waals surface area contributed by atoms with Gasteiger partial charge in [-0.15, -0.1) is 0 Å². The van der Waals surface area contributed by atoms with Gasteiger partial charge in [0, 0.05) is 23.9 Å². The average molecular weight is 385 g/mol. The molecule has 0 aliphatic carbocycles. The molecule has 140 valence electrons. The zero-order valence-corrected chi connectivity index (χ0v) is 15.9. The van der Waals surface area contributed by atoms with Crippen molar-refractivity contribution in [1.29, 1.82) is 5.26 Å². The highest BCUT2D eigenvalue weighted by Crippen LogP contribution is 2.37. The molecule has 0 aliphatic heterocycles. The standard InChI is InChI=1S/C20H20FN3O2S/c1-13-8-9-15(18(21)11-13)14(6-4-10-22)17-12-23-20-16(17)5-3-7-19(20)24-27(2,25)26/h3,5,7-9,11-12,14,23-24H,4,6H2,1-2H3. The second-order valence-electron chi connectivity index (χ2n) is 6.62. The minimum Gasteiger partial charge on any atom is -0.359 e. The van der Waals surface area contributed by atoms with Crippen LogP contribution in [0, 0.1) is 24.1 Å². The second-order valence-corrected chi connectivity index (χ2v) is 8.37. The number of benzene rings is 2. The van der Waals surface area contributed by atoms with Crippen LogP contribution in [-0.2, 0) is 10.0 Å². The quantitative estimate of drug-likeness (QED) is 0.658. The van der Waals surface area contributed by atoms with Crippen molar-refractivity contribution in [3.8, 4) is 6.07 Å². The molecule has 7 heteroatoms. The first kappa shape index (κ1) is 18.9. The van der Waals surface area contributed by atoms with Crippen LogP contribution in [0.4, 0.5) is 10.1 Å². The van der Waals surface area contributed by atoms with E-state index in [4.69, 9.17) is 5.26 Å². The summed E-state index contributed by atoms with van der Waals surface area (Å²) in [5, 5.41) is 9.83. The van der Waals surface area contributed by atoms with Crippen LogP contribution >= 0.6 is 0 Å². The van der Waals surface area contributed by atoms with Gasteiger partial charge in [0.2, 0.25) is 10.0 Å². The minimum atomic E-state index is -3.43. The Bertz CT molecular complexity index is 1130. The van der Waals surface area contributed by atoms with Crippen molar-refractivity contribution in [2.75, 3.05) is 11.0 Å². The minimum absolute atomic E-state index is 0.284. The fraction of sp³-hybridized carbons (Fsp3) is 0.250. The number of sulfonamides is 1. The molecule has 2 N–H and O–H groups in total. The molecule has 0 fully saturated rings. The Morgan fingerprint density at radius 1 is 1.26 bits per heavy atom. The van der Waals surface area contributed by atoms with E-state index in [2.05, 4.69) is 15.8 Å². The molecule has 0 spiro atoms. The first-order valence-electron chi connectivity index (χ1n) is 8.51. The fourth-order valence-corrected chi connectivity index (χ4v) is 3.92. The van der Waals surface area contributed by atoms with Crippen molar-refractivity contribution in [3.63, 3.8) is 0 Å². The molecule has 0 radical (unpaired) electrons. The monoisotopic (exact) mass is 385 g/mol. The summed E-state index contributed by atoms with van der Waals surface area (Å²) in [7, 11) is -3.43. The van der Waals surface area contributed by atoms with Crippen molar-refractivity contribution in [2.24, 2.45) is 0 Å². The summed E-state index contributed by atoms with van der Waals surface area (Å²) in [6, 6.07) is 12.5. The SMILES string of the molecule is Cc1ccc(C(CCC#N)c2c[nH]c3c(NS(C)(=O)=O)cccc23)c(F)c1. The van der Waals surface area contributed by atoms with Gasteiger partial charge in [0.05, 0.1) is 23.5 Å². The predicted octanol–water partition coefficient (Wildman–Crippen LogP) is 4.42. The Kier molecular flexibility index (Phi) is 5.19. The molecule has 1 unspecified atom stereocenters. The topological polar surface area (TPSA) is 85.8 Å². The predicted molar refractivity (Wildman–Crippen MR) is 105 cm³/mol. The normalized spacial score (nSPS) is 12.7. The number of para-hydroxylation sites is 1. The van der Waals surface area contributed by atoms with Crippen molar-refractivity contribution in [1.82, 2.24) is 4.98 Å². The number of halogens is 1. The van der Waals surface area contributed by atoms with Gasteiger partial charge >= 0.3 is 0 Å². The van der Waals surface area contributed by atoms with Gasteiger partial charge in [0.1, 0.15) is 5.82 Å². The number of hydrogen-bond donors (Lipinski definition) is 2. The molecule has 27 heavy (non-hydrogen) atoms. The number of nitrogens with zero attached hydrogens (tertiary/aromatic N) is 1. The number of aromatic nitrogens is 1. The Labute approximate surface area is 157 Å². The highest BCUT2D eigenvalue weighted by atomic mass is 32.2. The molecular weight excluding hydrogens is 365 g/mol. The maximum atomic E-state index is 14.6. The van der Waals surface area contributed by atoms with Gasteiger partial charge in [-0.1, -0.05) is 24.3 Å². The first-order chi connectivity index (χ1) is 12.8. The molecule has 2 aromatic carbocycles. The van der Waals surface area contributed by atoms with E-state index in [9.17, 15) is 12.8 Å². The van der Waals surface area contributed by atoms with E-state index < -0.39 is 10.0 Å². The maximum absolute atomic E-state index is 14.6. The highest BCUT2D eigenvalue weighted by Gasteiger charge is 2.22. The summed E-state index contributed by atoms with van der Waals surface area (Å²) in [6.07, 6.45) is 3.60. The van der Waals surface area contributed by atoms with Crippen LogP contribution in [0.15, 0.2) is 42.6 Å². The van der Waals surface area contributed by atoms with E-state index in [0.717, 1.165) is 22.8 Å². The van der Waals surface area contributed by atoms with Crippen molar-refractivity contribution < 1.29 is 12.8 Å². The molecule has 3 rings (SSSR count). The molecule has 3 aromatic rings. The Balaban J connectivity index is 2.14. The number of nitriles is 1. The van der Waals surface area contributed by atoms with E-state index in [0.29, 0.717) is 23.2 Å². The van der Waals surface area contributed by atoms with Crippen molar-refractivity contribution >= 4 is 26.6 Å². The van der Waals surface area contributed by atoms with Gasteiger partial charge in [0.15, 0.2) is 0 Å². The van der Waals surface area contributed by atoms with Gasteiger partial charge in [0.25, 0.3) is 0 Å². The molecule has 0 aliphatic rings. The highest BCUT2D eigenvalue weighted by molar-refractivity contribution is 7.92. The maximum Gasteiger partial charge on any atom is 0.229 e. The largest absolute Gasteiger partial charge is 0.359 e. The summed E-state index contributed by atoms with van der Waals surface area (Å²) >= 11 is 0. The third kappa shape index (κ3) is 4.12. The molecule has 1 aromatic heterocycles. The van der Waals surface area contributed by atoms with E-state index in [1.165, 1.54) is 6.07 Å². The lowest BCUT2D eigenvalue weighted by atomic mass is 9.86. The van der Waals surface area contributed by atoms with Crippen molar-refractivity contribution in [3.05, 3.63) is 65.1 Å². The second kappa shape index (κ2) is 7.41. The van der Waals surface area contributed by atoms with Crippen molar-refractivity contribution in [2.45, 2.75) is 25.7 Å². The lowest BCUT2D eigenvalue weighted by Crippen LogP contribution is -2.09. The van der Waals surface area contributed by atoms with Gasteiger partial charge in [-0.05, 0) is 42.2 Å². The number of aryl methyl sites for hydroxylation is 1. The van der Waals surface area contributed by atoms with Crippen LogP contribution in [0.2, 0.25) is 0 Å². The lowest BCUT2D eigenvalue weighted by molar-refractivity contribution is 0.587. The Morgan fingerprint density at radius 2 is 2.04 bits per heavy atom. The fourth-order valence-electron chi connectivity index (χ4n) is 3.35. The number of H-pyrrole nitrogens is 1. The number of nitrogens with one attached hydrogen (secondary N) is 2. The van der Waals surface area contributed by atoms with Gasteiger partial charge in [-0.2, -0.15) is 5.26 Å². The average Bonchev–Trinajstić information content (AvgIpc) is 3.00. The lowest BCUT2D eigenvalue weighted by Gasteiger charge is -2.17. The molecule has 1 heterocycles. The summed E-state index contributed by atoms with van der Waals surface area (Å²) in [5.74, 6) is -0.620. The third-order valence-electron chi connectivity index (χ3n) is 4.49. The molecule has 0 amide bonds. The van der Waals surface area contributed by atoms with Crippen LogP contribution < -0.4 is 4.72 Å². The number of rotatable bonds is 6. The zero-order chi connectivity index (χ0) is 19.6. The Morgan fingerprint density at radius 3 is 2.70 bits per heavy atom. The van der Waals surface area contributed by atoms with Crippen LogP contribution in [0.5, 0.6) is 0 Å². The molecule has 0 bridgehead atoms. The third-order valence-corrected chi connectivity index (χ3v) is 5.09. The molecule has 0 saturated heterocycles. The molecule has 0 saturated carbocycles. The van der Waals surface area contributed by atoms with E-state index in [-0.39, 0.29) is 18.2 Å². The summed E-state index contributed by atoms with van der Waals surface area (Å²) in [5.41, 5.74) is 3.25. The number of anilines is 1. The smallest absolute Gasteiger partial charge is 0.229 e. The first-order valence-corrected chi connectivity index (χ1v) is 10.4. The summed E-state index contributed by atoms with van der Waals surface area (Å²) < 4.78 is 40.4. The molecule has 5 nitrogen and oxygen atoms in total. The van der Waals surface area contributed by atoms with Crippen LogP contribution in [0.1, 0.15) is 35.4 Å². The van der Waals surface area contributed by atoms with Crippen LogP contribution in [0.25, 0.3) is 10.9 Å². The number of aromatic amines is 1. The van der Waals surface area contributed by atoms with Gasteiger partial charge in [-0.25, -0.2) is 12.8 Å². The number of hydrogen-bond acceptors (Lipinski definition) is 3. The van der Waals surface area contributed by atoms with Gasteiger partial charge in [-0.3, -0.25) is 4.72 Å². The molecular formula is C20H20FN3O2S. The molecule has 1 atom stereocenters. The Hall–Kier alpha value is -2.85. The van der Waals surface area contributed by atoms with Crippen LogP contribution in [0.3, 0.4) is 0 Å². The van der Waals surface area contributed by atoms with E-state index in [1.807, 2.05) is 19.1 Å².